The highest BCUT2D eigenvalue weighted by Gasteiger charge is 2.50. The molecule has 0 atom stereocenters. The largest absolute Gasteiger partial charge is 0.338 e. The van der Waals surface area contributed by atoms with Crippen molar-refractivity contribution >= 4 is 17.2 Å². The average Bonchev–Trinajstić information content (AvgIpc) is 2.69. The molecule has 96 valence electrons. The SMILES string of the molecule is Cc1nc(CN(C)C(=O)C2(C#N)CC(C)C2)cs1. The Labute approximate surface area is 111 Å². The second-order valence-corrected chi connectivity index (χ2v) is 6.29. The first-order valence-electron chi connectivity index (χ1n) is 6.05. The fourth-order valence-corrected chi connectivity index (χ4v) is 3.21. The number of aromatic nitrogens is 1. The Kier molecular flexibility index (Phi) is 3.40. The standard InChI is InChI=1S/C13H17N3OS/c1-9-4-13(5-9,8-14)12(17)16(3)6-11-7-18-10(2)15-11/h7,9H,4-6H2,1-3H3. The van der Waals surface area contributed by atoms with Crippen LogP contribution in [0.15, 0.2) is 5.38 Å². The normalized spacial score (nSPS) is 26.2. The van der Waals surface area contributed by atoms with Crippen molar-refractivity contribution in [3.8, 4) is 6.07 Å². The van der Waals surface area contributed by atoms with Crippen molar-refractivity contribution in [2.24, 2.45) is 11.3 Å². The molecule has 0 N–H and O–H groups in total. The molecule has 5 heteroatoms. The van der Waals surface area contributed by atoms with Crippen LogP contribution in [0.4, 0.5) is 0 Å². The minimum Gasteiger partial charge on any atom is -0.338 e. The zero-order valence-electron chi connectivity index (χ0n) is 10.9. The molecular weight excluding hydrogens is 246 g/mol. The van der Waals surface area contributed by atoms with Gasteiger partial charge in [0.2, 0.25) is 5.91 Å². The summed E-state index contributed by atoms with van der Waals surface area (Å²) in [4.78, 5) is 18.3. The van der Waals surface area contributed by atoms with Crippen LogP contribution in [0.5, 0.6) is 0 Å². The number of rotatable bonds is 3. The van der Waals surface area contributed by atoms with Gasteiger partial charge in [-0.05, 0) is 25.7 Å². The number of carbonyl (C=O) groups excluding carboxylic acids is 1. The molecule has 1 aromatic rings. The van der Waals surface area contributed by atoms with Crippen LogP contribution in [-0.2, 0) is 11.3 Å². The number of nitrogens with zero attached hydrogens (tertiary/aromatic N) is 3. The third kappa shape index (κ3) is 2.25. The summed E-state index contributed by atoms with van der Waals surface area (Å²) in [6, 6.07) is 2.21. The molecule has 1 aliphatic rings. The van der Waals surface area contributed by atoms with E-state index in [1.807, 2.05) is 12.3 Å². The Balaban J connectivity index is 2.03. The Morgan fingerprint density at radius 1 is 1.72 bits per heavy atom. The zero-order chi connectivity index (χ0) is 13.3. The van der Waals surface area contributed by atoms with Gasteiger partial charge in [0.1, 0.15) is 5.41 Å². The monoisotopic (exact) mass is 263 g/mol. The smallest absolute Gasteiger partial charge is 0.243 e. The third-order valence-corrected chi connectivity index (χ3v) is 4.25. The van der Waals surface area contributed by atoms with E-state index >= 15 is 0 Å². The molecule has 1 fully saturated rings. The van der Waals surface area contributed by atoms with E-state index in [-0.39, 0.29) is 5.91 Å². The van der Waals surface area contributed by atoms with Gasteiger partial charge in [-0.3, -0.25) is 4.79 Å². The van der Waals surface area contributed by atoms with E-state index in [2.05, 4.69) is 18.0 Å². The Bertz CT molecular complexity index is 497. The summed E-state index contributed by atoms with van der Waals surface area (Å²) in [5, 5.41) is 12.2. The lowest BCUT2D eigenvalue weighted by atomic mass is 9.63. The Hall–Kier alpha value is -1.41. The number of amides is 1. The molecular formula is C13H17N3OS. The van der Waals surface area contributed by atoms with Gasteiger partial charge in [-0.25, -0.2) is 4.98 Å². The Morgan fingerprint density at radius 2 is 2.39 bits per heavy atom. The summed E-state index contributed by atoms with van der Waals surface area (Å²) in [6.07, 6.45) is 1.37. The molecule has 0 spiro atoms. The second-order valence-electron chi connectivity index (χ2n) is 5.23. The van der Waals surface area contributed by atoms with E-state index < -0.39 is 5.41 Å². The fourth-order valence-electron chi connectivity index (χ4n) is 2.60. The van der Waals surface area contributed by atoms with Crippen molar-refractivity contribution in [2.75, 3.05) is 7.05 Å². The van der Waals surface area contributed by atoms with Gasteiger partial charge in [-0.1, -0.05) is 6.92 Å². The summed E-state index contributed by atoms with van der Waals surface area (Å²) in [5.74, 6) is 0.414. The molecule has 18 heavy (non-hydrogen) atoms. The summed E-state index contributed by atoms with van der Waals surface area (Å²) in [5.41, 5.74) is 0.119. The van der Waals surface area contributed by atoms with Crippen LogP contribution >= 0.6 is 11.3 Å². The van der Waals surface area contributed by atoms with Crippen LogP contribution in [0.2, 0.25) is 0 Å². The van der Waals surface area contributed by atoms with E-state index in [0.717, 1.165) is 10.7 Å². The molecule has 1 amide bonds. The minimum absolute atomic E-state index is 0.0613. The first-order chi connectivity index (χ1) is 8.47. The molecule has 0 saturated heterocycles. The van der Waals surface area contributed by atoms with Crippen molar-refractivity contribution in [3.63, 3.8) is 0 Å². The predicted molar refractivity (Wildman–Crippen MR) is 69.8 cm³/mol. The molecule has 1 saturated carbocycles. The van der Waals surface area contributed by atoms with Crippen LogP contribution < -0.4 is 0 Å². The maximum atomic E-state index is 12.3. The highest BCUT2D eigenvalue weighted by Crippen LogP contribution is 2.46. The number of thiazole rings is 1. The van der Waals surface area contributed by atoms with Gasteiger partial charge in [0, 0.05) is 12.4 Å². The van der Waals surface area contributed by atoms with E-state index in [1.165, 1.54) is 0 Å². The van der Waals surface area contributed by atoms with E-state index in [4.69, 9.17) is 0 Å². The van der Waals surface area contributed by atoms with Crippen LogP contribution in [-0.4, -0.2) is 22.8 Å². The number of aryl methyl sites for hydroxylation is 1. The quantitative estimate of drug-likeness (QED) is 0.841. The van der Waals surface area contributed by atoms with Gasteiger partial charge < -0.3 is 4.90 Å². The predicted octanol–water partition coefficient (Wildman–Crippen LogP) is 2.35. The van der Waals surface area contributed by atoms with Crippen LogP contribution in [0, 0.1) is 29.6 Å². The van der Waals surface area contributed by atoms with Gasteiger partial charge >= 0.3 is 0 Å². The Morgan fingerprint density at radius 3 is 2.83 bits per heavy atom. The summed E-state index contributed by atoms with van der Waals surface area (Å²) >= 11 is 1.58. The maximum absolute atomic E-state index is 12.3. The number of nitriles is 1. The molecule has 0 radical (unpaired) electrons. The van der Waals surface area contributed by atoms with E-state index in [9.17, 15) is 10.1 Å². The number of carbonyl (C=O) groups is 1. The molecule has 0 aromatic carbocycles. The maximum Gasteiger partial charge on any atom is 0.243 e. The van der Waals surface area contributed by atoms with Crippen molar-refractivity contribution in [1.29, 1.82) is 5.26 Å². The topological polar surface area (TPSA) is 57.0 Å². The zero-order valence-corrected chi connectivity index (χ0v) is 11.8. The lowest BCUT2D eigenvalue weighted by molar-refractivity contribution is -0.144. The van der Waals surface area contributed by atoms with E-state index in [1.54, 1.807) is 23.3 Å². The molecule has 0 aliphatic heterocycles. The number of hydrogen-bond donors (Lipinski definition) is 0. The van der Waals surface area contributed by atoms with Gasteiger partial charge in [-0.2, -0.15) is 5.26 Å². The third-order valence-electron chi connectivity index (χ3n) is 3.43. The first-order valence-corrected chi connectivity index (χ1v) is 6.92. The molecule has 4 nitrogen and oxygen atoms in total. The fraction of sp³-hybridized carbons (Fsp3) is 0.615. The summed E-state index contributed by atoms with van der Waals surface area (Å²) < 4.78 is 0. The van der Waals surface area contributed by atoms with Crippen LogP contribution in [0.25, 0.3) is 0 Å². The van der Waals surface area contributed by atoms with Gasteiger partial charge in [0.25, 0.3) is 0 Å². The number of hydrogen-bond acceptors (Lipinski definition) is 4. The molecule has 2 rings (SSSR count). The minimum atomic E-state index is -0.779. The lowest BCUT2D eigenvalue weighted by Crippen LogP contribution is -2.48. The molecule has 1 aliphatic carbocycles. The lowest BCUT2D eigenvalue weighted by Gasteiger charge is -2.41. The first kappa shape index (κ1) is 13.0. The summed E-state index contributed by atoms with van der Waals surface area (Å²) in [6.45, 7) is 4.51. The van der Waals surface area contributed by atoms with Crippen molar-refractivity contribution in [2.45, 2.75) is 33.2 Å². The van der Waals surface area contributed by atoms with Crippen molar-refractivity contribution in [3.05, 3.63) is 16.1 Å². The molecule has 1 heterocycles. The van der Waals surface area contributed by atoms with Crippen LogP contribution in [0.1, 0.15) is 30.5 Å². The van der Waals surface area contributed by atoms with Gasteiger partial charge in [-0.15, -0.1) is 11.3 Å². The van der Waals surface area contributed by atoms with Crippen molar-refractivity contribution < 1.29 is 4.79 Å². The molecule has 0 bridgehead atoms. The second kappa shape index (κ2) is 4.69. The van der Waals surface area contributed by atoms with Crippen molar-refractivity contribution in [1.82, 2.24) is 9.88 Å². The highest BCUT2D eigenvalue weighted by atomic mass is 32.1. The average molecular weight is 263 g/mol. The van der Waals surface area contributed by atoms with Gasteiger partial charge in [0.15, 0.2) is 0 Å². The molecule has 1 aromatic heterocycles. The van der Waals surface area contributed by atoms with Gasteiger partial charge in [0.05, 0.1) is 23.3 Å². The molecule has 0 unspecified atom stereocenters. The van der Waals surface area contributed by atoms with E-state index in [0.29, 0.717) is 25.3 Å². The summed E-state index contributed by atoms with van der Waals surface area (Å²) in [7, 11) is 1.75. The highest BCUT2D eigenvalue weighted by molar-refractivity contribution is 7.09. The van der Waals surface area contributed by atoms with Crippen LogP contribution in [0.3, 0.4) is 0 Å².